The van der Waals surface area contributed by atoms with Crippen LogP contribution in [0.2, 0.25) is 5.02 Å². The molecule has 0 radical (unpaired) electrons. The van der Waals surface area contributed by atoms with E-state index in [2.05, 4.69) is 15.9 Å². The van der Waals surface area contributed by atoms with Gasteiger partial charge in [-0.05, 0) is 12.1 Å². The third-order valence-electron chi connectivity index (χ3n) is 1.76. The highest BCUT2D eigenvalue weighted by Crippen LogP contribution is 2.39. The van der Waals surface area contributed by atoms with Crippen molar-refractivity contribution in [2.75, 3.05) is 5.88 Å². The van der Waals surface area contributed by atoms with Crippen LogP contribution in [0.1, 0.15) is 15.9 Å². The van der Waals surface area contributed by atoms with Crippen molar-refractivity contribution in [3.63, 3.8) is 0 Å². The van der Waals surface area contributed by atoms with Crippen LogP contribution in [-0.4, -0.2) is 11.7 Å². The molecule has 1 nitrogen and oxygen atoms in total. The molecule has 0 atom stereocenters. The Labute approximate surface area is 108 Å². The lowest BCUT2D eigenvalue weighted by molar-refractivity contribution is -0.138. The highest BCUT2D eigenvalue weighted by atomic mass is 79.9. The van der Waals surface area contributed by atoms with Gasteiger partial charge in [0.15, 0.2) is 5.78 Å². The summed E-state index contributed by atoms with van der Waals surface area (Å²) in [5.74, 6) is -1.35. The van der Waals surface area contributed by atoms with Crippen molar-refractivity contribution in [1.82, 2.24) is 0 Å². The second-order valence-electron chi connectivity index (χ2n) is 2.86. The summed E-state index contributed by atoms with van der Waals surface area (Å²) in [4.78, 5) is 11.3. The van der Waals surface area contributed by atoms with E-state index in [4.69, 9.17) is 23.2 Å². The van der Waals surface area contributed by atoms with E-state index in [0.29, 0.717) is 0 Å². The zero-order chi connectivity index (χ0) is 12.5. The van der Waals surface area contributed by atoms with Gasteiger partial charge < -0.3 is 0 Å². The van der Waals surface area contributed by atoms with Crippen LogP contribution in [-0.2, 0) is 6.18 Å². The molecular formula is C9H4BrCl2F3O. The van der Waals surface area contributed by atoms with Gasteiger partial charge in [-0.1, -0.05) is 27.5 Å². The summed E-state index contributed by atoms with van der Waals surface area (Å²) in [6.45, 7) is 0. The lowest BCUT2D eigenvalue weighted by Gasteiger charge is -2.13. The van der Waals surface area contributed by atoms with Gasteiger partial charge in [0, 0.05) is 15.1 Å². The maximum Gasteiger partial charge on any atom is 0.418 e. The normalized spacial score (nSPS) is 11.6. The molecule has 7 heteroatoms. The third kappa shape index (κ3) is 2.90. The van der Waals surface area contributed by atoms with Crippen molar-refractivity contribution in [2.24, 2.45) is 0 Å². The predicted molar refractivity (Wildman–Crippen MR) is 59.2 cm³/mol. The van der Waals surface area contributed by atoms with Gasteiger partial charge in [0.25, 0.3) is 0 Å². The second kappa shape index (κ2) is 4.94. The van der Waals surface area contributed by atoms with Crippen molar-refractivity contribution in [1.29, 1.82) is 0 Å². The van der Waals surface area contributed by atoms with Crippen LogP contribution >= 0.6 is 39.1 Å². The van der Waals surface area contributed by atoms with E-state index >= 15 is 0 Å². The number of carbonyl (C=O) groups excluding carboxylic acids is 1. The van der Waals surface area contributed by atoms with Crippen LogP contribution in [0.15, 0.2) is 16.6 Å². The van der Waals surface area contributed by atoms with Gasteiger partial charge in [0.05, 0.1) is 11.4 Å². The molecule has 0 aliphatic heterocycles. The predicted octanol–water partition coefficient (Wildman–Crippen LogP) is 4.54. The summed E-state index contributed by atoms with van der Waals surface area (Å²) in [6, 6.07) is 2.04. The highest BCUT2D eigenvalue weighted by molar-refractivity contribution is 9.10. The number of alkyl halides is 4. The zero-order valence-corrected chi connectivity index (χ0v) is 10.6. The quantitative estimate of drug-likeness (QED) is 0.572. The van der Waals surface area contributed by atoms with Crippen molar-refractivity contribution in [2.45, 2.75) is 6.18 Å². The smallest absolute Gasteiger partial charge is 0.293 e. The molecule has 0 saturated heterocycles. The first-order valence-electron chi connectivity index (χ1n) is 3.92. The molecule has 1 aromatic carbocycles. The van der Waals surface area contributed by atoms with Gasteiger partial charge in [-0.3, -0.25) is 4.79 Å². The lowest BCUT2D eigenvalue weighted by Crippen LogP contribution is -2.15. The Morgan fingerprint density at radius 3 is 2.38 bits per heavy atom. The number of Topliss-reactive ketones (excluding diaryl/α,β-unsaturated/α-hetero) is 1. The van der Waals surface area contributed by atoms with Gasteiger partial charge in [-0.25, -0.2) is 0 Å². The average molecular weight is 336 g/mol. The SMILES string of the molecule is O=C(CCl)c1cc(Cl)cc(Br)c1C(F)(F)F. The van der Waals surface area contributed by atoms with Gasteiger partial charge >= 0.3 is 6.18 Å². The van der Waals surface area contributed by atoms with Crippen molar-refractivity contribution in [3.05, 3.63) is 32.8 Å². The Kier molecular flexibility index (Phi) is 4.26. The molecule has 1 rings (SSSR count). The van der Waals surface area contributed by atoms with Crippen LogP contribution in [0.5, 0.6) is 0 Å². The lowest BCUT2D eigenvalue weighted by atomic mass is 10.0. The second-order valence-corrected chi connectivity index (χ2v) is 4.42. The van der Waals surface area contributed by atoms with Crippen LogP contribution in [0.25, 0.3) is 0 Å². The molecule has 0 unspecified atom stereocenters. The highest BCUT2D eigenvalue weighted by Gasteiger charge is 2.37. The molecule has 0 aliphatic carbocycles. The van der Waals surface area contributed by atoms with E-state index in [0.717, 1.165) is 12.1 Å². The maximum atomic E-state index is 12.7. The minimum atomic E-state index is -4.64. The van der Waals surface area contributed by atoms with E-state index in [9.17, 15) is 18.0 Å². The molecule has 0 saturated carbocycles. The Bertz CT molecular complexity index is 431. The molecule has 0 amide bonds. The molecule has 0 N–H and O–H groups in total. The summed E-state index contributed by atoms with van der Waals surface area (Å²) in [5, 5.41) is 0.0355. The molecule has 0 aliphatic rings. The van der Waals surface area contributed by atoms with Crippen molar-refractivity contribution in [3.8, 4) is 0 Å². The fourth-order valence-electron chi connectivity index (χ4n) is 1.15. The van der Waals surface area contributed by atoms with E-state index in [1.165, 1.54) is 0 Å². The Hall–Kier alpha value is -0.260. The first-order chi connectivity index (χ1) is 7.27. The van der Waals surface area contributed by atoms with Gasteiger partial charge in [-0.2, -0.15) is 13.2 Å². The summed E-state index contributed by atoms with van der Waals surface area (Å²) in [6.07, 6.45) is -4.64. The maximum absolute atomic E-state index is 12.7. The summed E-state index contributed by atoms with van der Waals surface area (Å²) in [5.41, 5.74) is -1.58. The molecule has 1 aromatic rings. The Balaban J connectivity index is 3.51. The van der Waals surface area contributed by atoms with E-state index in [1.54, 1.807) is 0 Å². The fourth-order valence-corrected chi connectivity index (χ4v) is 2.33. The average Bonchev–Trinajstić information content (AvgIpc) is 2.12. The first kappa shape index (κ1) is 13.8. The topological polar surface area (TPSA) is 17.1 Å². The van der Waals surface area contributed by atoms with Crippen molar-refractivity contribution < 1.29 is 18.0 Å². The van der Waals surface area contributed by atoms with Crippen LogP contribution in [0.4, 0.5) is 13.2 Å². The standard InChI is InChI=1S/C9H4BrCl2F3O/c10-6-2-4(12)1-5(7(16)3-11)8(6)9(13,14)15/h1-2H,3H2. The van der Waals surface area contributed by atoms with Gasteiger partial charge in [0.2, 0.25) is 0 Å². The van der Waals surface area contributed by atoms with E-state index in [-0.39, 0.29) is 9.50 Å². The first-order valence-corrected chi connectivity index (χ1v) is 5.63. The largest absolute Gasteiger partial charge is 0.418 e. The zero-order valence-electron chi connectivity index (χ0n) is 7.54. The number of hydrogen-bond acceptors (Lipinski definition) is 1. The number of benzene rings is 1. The van der Waals surface area contributed by atoms with Crippen LogP contribution < -0.4 is 0 Å². The van der Waals surface area contributed by atoms with E-state index in [1.807, 2.05) is 0 Å². The molecule has 0 spiro atoms. The summed E-state index contributed by atoms with van der Waals surface area (Å²) in [7, 11) is 0. The Morgan fingerprint density at radius 2 is 1.94 bits per heavy atom. The molecule has 0 fully saturated rings. The summed E-state index contributed by atoms with van der Waals surface area (Å²) >= 11 is 13.6. The fraction of sp³-hybridized carbons (Fsp3) is 0.222. The van der Waals surface area contributed by atoms with Crippen molar-refractivity contribution >= 4 is 44.9 Å². The number of halogens is 6. The minimum absolute atomic E-state index is 0.0355. The number of ketones is 1. The third-order valence-corrected chi connectivity index (χ3v) is 2.85. The number of rotatable bonds is 2. The minimum Gasteiger partial charge on any atom is -0.293 e. The molecule has 0 bridgehead atoms. The number of hydrogen-bond donors (Lipinski definition) is 0. The molecular weight excluding hydrogens is 332 g/mol. The van der Waals surface area contributed by atoms with Gasteiger partial charge in [0.1, 0.15) is 0 Å². The molecule has 88 valence electrons. The van der Waals surface area contributed by atoms with Crippen LogP contribution in [0.3, 0.4) is 0 Å². The number of carbonyl (C=O) groups is 1. The van der Waals surface area contributed by atoms with Gasteiger partial charge in [-0.15, -0.1) is 11.6 Å². The summed E-state index contributed by atoms with van der Waals surface area (Å²) < 4.78 is 37.7. The Morgan fingerprint density at radius 1 is 1.38 bits per heavy atom. The monoisotopic (exact) mass is 334 g/mol. The molecule has 16 heavy (non-hydrogen) atoms. The molecule has 0 heterocycles. The molecule has 0 aromatic heterocycles. The van der Waals surface area contributed by atoms with Crippen LogP contribution in [0, 0.1) is 0 Å². The van der Waals surface area contributed by atoms with E-state index < -0.39 is 29.0 Å².